The third kappa shape index (κ3) is 3.70. The van der Waals surface area contributed by atoms with Gasteiger partial charge in [0.05, 0.1) is 21.5 Å². The van der Waals surface area contributed by atoms with Crippen LogP contribution in [0.3, 0.4) is 0 Å². The number of anilines is 1. The molecule has 138 valence electrons. The second-order valence-electron chi connectivity index (χ2n) is 7.01. The predicted molar refractivity (Wildman–Crippen MR) is 90.0 cm³/mol. The average molecular weight is 371 g/mol. The highest BCUT2D eigenvalue weighted by atomic mass is 32.2. The minimum atomic E-state index is -4.08. The van der Waals surface area contributed by atoms with Crippen LogP contribution in [0.1, 0.15) is 32.6 Å². The second kappa shape index (κ2) is 6.11. The number of benzene rings is 1. The maximum Gasteiger partial charge on any atom is 0.297 e. The SMILES string of the molecule is CC1(O)CCC([C@@H]2COc3cc(S(N)(=O)=O)cc([N+](=O)[O-])c3N2)CC1. The van der Waals surface area contributed by atoms with Gasteiger partial charge in [0.15, 0.2) is 11.4 Å². The summed E-state index contributed by atoms with van der Waals surface area (Å²) in [5, 5.41) is 29.6. The molecule has 0 unspecified atom stereocenters. The summed E-state index contributed by atoms with van der Waals surface area (Å²) < 4.78 is 28.7. The Kier molecular flexibility index (Phi) is 4.38. The summed E-state index contributed by atoms with van der Waals surface area (Å²) in [6.07, 6.45) is 2.89. The molecule has 1 heterocycles. The minimum absolute atomic E-state index is 0.109. The van der Waals surface area contributed by atoms with Gasteiger partial charge in [-0.05, 0) is 38.5 Å². The predicted octanol–water partition coefficient (Wildman–Crippen LogP) is 1.36. The molecule has 0 amide bonds. The molecule has 1 fully saturated rings. The fourth-order valence-electron chi connectivity index (χ4n) is 3.47. The topological polar surface area (TPSA) is 145 Å². The van der Waals surface area contributed by atoms with Crippen molar-refractivity contribution in [1.82, 2.24) is 0 Å². The van der Waals surface area contributed by atoms with E-state index in [1.165, 1.54) is 6.07 Å². The van der Waals surface area contributed by atoms with Gasteiger partial charge in [0.2, 0.25) is 10.0 Å². The number of hydrogen-bond donors (Lipinski definition) is 3. The number of nitro groups is 1. The molecule has 25 heavy (non-hydrogen) atoms. The van der Waals surface area contributed by atoms with Gasteiger partial charge in [0.1, 0.15) is 6.61 Å². The van der Waals surface area contributed by atoms with Crippen LogP contribution in [-0.4, -0.2) is 36.7 Å². The summed E-state index contributed by atoms with van der Waals surface area (Å²) in [5.41, 5.74) is -0.875. The van der Waals surface area contributed by atoms with Gasteiger partial charge in [-0.2, -0.15) is 0 Å². The zero-order valence-electron chi connectivity index (χ0n) is 13.8. The number of sulfonamides is 1. The maximum atomic E-state index is 11.5. The molecule has 1 aliphatic heterocycles. The van der Waals surface area contributed by atoms with E-state index in [0.29, 0.717) is 12.8 Å². The Morgan fingerprint density at radius 2 is 2.04 bits per heavy atom. The first-order chi connectivity index (χ1) is 11.6. The van der Waals surface area contributed by atoms with Gasteiger partial charge in [-0.15, -0.1) is 0 Å². The maximum absolute atomic E-state index is 11.5. The van der Waals surface area contributed by atoms with Gasteiger partial charge in [-0.1, -0.05) is 0 Å². The van der Waals surface area contributed by atoms with E-state index in [9.17, 15) is 23.6 Å². The molecule has 3 rings (SSSR count). The van der Waals surface area contributed by atoms with Crippen molar-refractivity contribution in [1.29, 1.82) is 0 Å². The van der Waals surface area contributed by atoms with E-state index < -0.39 is 20.5 Å². The van der Waals surface area contributed by atoms with E-state index >= 15 is 0 Å². The minimum Gasteiger partial charge on any atom is -0.489 e. The van der Waals surface area contributed by atoms with Gasteiger partial charge in [-0.25, -0.2) is 13.6 Å². The van der Waals surface area contributed by atoms with Gasteiger partial charge in [-0.3, -0.25) is 10.1 Å². The monoisotopic (exact) mass is 371 g/mol. The number of nitrogens with two attached hydrogens (primary N) is 1. The van der Waals surface area contributed by atoms with Crippen LogP contribution in [0.4, 0.5) is 11.4 Å². The zero-order chi connectivity index (χ0) is 18.4. The molecule has 1 aliphatic carbocycles. The number of nitrogens with one attached hydrogen (secondary N) is 1. The highest BCUT2D eigenvalue weighted by Gasteiger charge is 2.37. The van der Waals surface area contributed by atoms with Crippen LogP contribution < -0.4 is 15.2 Å². The van der Waals surface area contributed by atoms with Crippen molar-refractivity contribution in [2.75, 3.05) is 11.9 Å². The normalized spacial score (nSPS) is 29.2. The Labute approximate surface area is 145 Å². The van der Waals surface area contributed by atoms with Crippen molar-refractivity contribution in [3.63, 3.8) is 0 Å². The van der Waals surface area contributed by atoms with Gasteiger partial charge >= 0.3 is 0 Å². The Morgan fingerprint density at radius 3 is 2.60 bits per heavy atom. The smallest absolute Gasteiger partial charge is 0.297 e. The number of fused-ring (bicyclic) bond motifs is 1. The third-order valence-corrected chi connectivity index (χ3v) is 5.90. The molecule has 0 aromatic heterocycles. The molecule has 1 aromatic carbocycles. The zero-order valence-corrected chi connectivity index (χ0v) is 14.6. The summed E-state index contributed by atoms with van der Waals surface area (Å²) in [6, 6.07) is 2.01. The highest BCUT2D eigenvalue weighted by Crippen LogP contribution is 2.42. The van der Waals surface area contributed by atoms with Crippen molar-refractivity contribution in [3.05, 3.63) is 22.2 Å². The fraction of sp³-hybridized carbons (Fsp3) is 0.600. The number of ether oxygens (including phenoxy) is 1. The average Bonchev–Trinajstić information content (AvgIpc) is 2.52. The molecule has 0 bridgehead atoms. The van der Waals surface area contributed by atoms with Crippen LogP contribution >= 0.6 is 0 Å². The Balaban J connectivity index is 1.89. The van der Waals surface area contributed by atoms with Crippen LogP contribution in [0.25, 0.3) is 0 Å². The first-order valence-electron chi connectivity index (χ1n) is 8.04. The Bertz CT molecular complexity index is 798. The number of aliphatic hydroxyl groups is 1. The summed E-state index contributed by atoms with van der Waals surface area (Å²) in [5.74, 6) is 0.322. The standard InChI is InChI=1S/C15H21N3O6S/c1-15(19)4-2-9(3-5-15)11-8-24-13-7-10(25(16,22)23)6-12(18(20)21)14(13)17-11/h6-7,9,11,17,19H,2-5,8H2,1H3,(H2,16,22,23)/t9?,11-,15?/m0/s1. The molecule has 9 nitrogen and oxygen atoms in total. The van der Waals surface area contributed by atoms with Crippen LogP contribution in [-0.2, 0) is 10.0 Å². The van der Waals surface area contributed by atoms with Crippen molar-refractivity contribution in [3.8, 4) is 5.75 Å². The molecule has 1 saturated carbocycles. The van der Waals surface area contributed by atoms with Crippen LogP contribution in [0.15, 0.2) is 17.0 Å². The lowest BCUT2D eigenvalue weighted by Gasteiger charge is -2.39. The number of hydrogen-bond acceptors (Lipinski definition) is 7. The molecule has 4 N–H and O–H groups in total. The van der Waals surface area contributed by atoms with E-state index in [1.54, 1.807) is 0 Å². The van der Waals surface area contributed by atoms with Gasteiger partial charge < -0.3 is 15.2 Å². The number of nitro benzene ring substituents is 1. The summed E-state index contributed by atoms with van der Waals surface area (Å²) in [4.78, 5) is 10.4. The highest BCUT2D eigenvalue weighted by molar-refractivity contribution is 7.89. The van der Waals surface area contributed by atoms with E-state index in [-0.39, 0.29) is 40.6 Å². The summed E-state index contributed by atoms with van der Waals surface area (Å²) >= 11 is 0. The lowest BCUT2D eigenvalue weighted by atomic mass is 9.76. The van der Waals surface area contributed by atoms with Gasteiger partial charge in [0.25, 0.3) is 5.69 Å². The fourth-order valence-corrected chi connectivity index (χ4v) is 4.02. The molecular formula is C15H21N3O6S. The first-order valence-corrected chi connectivity index (χ1v) is 9.58. The van der Waals surface area contributed by atoms with Crippen molar-refractivity contribution >= 4 is 21.4 Å². The molecule has 10 heteroatoms. The van der Waals surface area contributed by atoms with Crippen molar-refractivity contribution in [2.45, 2.75) is 49.1 Å². The van der Waals surface area contributed by atoms with Gasteiger partial charge in [0, 0.05) is 12.1 Å². The summed E-state index contributed by atoms with van der Waals surface area (Å²) in [7, 11) is -4.08. The van der Waals surface area contributed by atoms with Crippen molar-refractivity contribution < 1.29 is 23.2 Å². The first kappa shape index (κ1) is 17.9. The summed E-state index contributed by atoms with van der Waals surface area (Å²) in [6.45, 7) is 2.08. The van der Waals surface area contributed by atoms with Crippen LogP contribution in [0.2, 0.25) is 0 Å². The molecular weight excluding hydrogens is 350 g/mol. The van der Waals surface area contributed by atoms with Crippen LogP contribution in [0, 0.1) is 16.0 Å². The number of nitrogens with zero attached hydrogens (tertiary/aromatic N) is 1. The van der Waals surface area contributed by atoms with Crippen molar-refractivity contribution in [2.24, 2.45) is 11.1 Å². The lowest BCUT2D eigenvalue weighted by molar-refractivity contribution is -0.384. The Morgan fingerprint density at radius 1 is 1.40 bits per heavy atom. The molecule has 1 atom stereocenters. The molecule has 0 saturated heterocycles. The second-order valence-corrected chi connectivity index (χ2v) is 8.58. The number of rotatable bonds is 3. The third-order valence-electron chi connectivity index (χ3n) is 5.00. The van der Waals surface area contributed by atoms with E-state index in [4.69, 9.17) is 9.88 Å². The van der Waals surface area contributed by atoms with E-state index in [1.807, 2.05) is 6.92 Å². The molecule has 0 radical (unpaired) electrons. The Hall–Kier alpha value is -1.91. The van der Waals surface area contributed by atoms with Crippen LogP contribution in [0.5, 0.6) is 5.75 Å². The lowest BCUT2D eigenvalue weighted by Crippen LogP contribution is -2.42. The molecule has 1 aromatic rings. The molecule has 2 aliphatic rings. The number of primary sulfonamides is 1. The quantitative estimate of drug-likeness (QED) is 0.537. The largest absolute Gasteiger partial charge is 0.489 e. The van der Waals surface area contributed by atoms with E-state index in [2.05, 4.69) is 5.32 Å². The molecule has 0 spiro atoms. The van der Waals surface area contributed by atoms with E-state index in [0.717, 1.165) is 18.9 Å².